The zero-order chi connectivity index (χ0) is 11.4. The molecule has 0 spiro atoms. The van der Waals surface area contributed by atoms with E-state index < -0.39 is 0 Å². The number of likely N-dealkylation sites (tertiary alicyclic amines) is 1. The van der Waals surface area contributed by atoms with Gasteiger partial charge in [0.2, 0.25) is 0 Å². The molecule has 2 rings (SSSR count). The van der Waals surface area contributed by atoms with Crippen LogP contribution in [-0.2, 0) is 17.6 Å². The number of hydrogen-bond donors (Lipinski definition) is 0. The van der Waals surface area contributed by atoms with Crippen LogP contribution in [0.25, 0.3) is 0 Å². The van der Waals surface area contributed by atoms with Crippen molar-refractivity contribution in [3.8, 4) is 0 Å². The van der Waals surface area contributed by atoms with Crippen molar-refractivity contribution in [3.05, 3.63) is 17.8 Å². The van der Waals surface area contributed by atoms with Crippen LogP contribution in [0.2, 0.25) is 0 Å². The summed E-state index contributed by atoms with van der Waals surface area (Å²) in [5.41, 5.74) is 0.742. The minimum Gasteiger partial charge on any atom is -0.449 e. The Bertz CT molecular complexity index is 349. The van der Waals surface area contributed by atoms with Gasteiger partial charge in [-0.25, -0.2) is 4.98 Å². The molecule has 1 aromatic rings. The molecular formula is C12H18N2O2. The molecule has 1 atom stereocenters. The van der Waals surface area contributed by atoms with E-state index in [9.17, 15) is 4.79 Å². The molecular weight excluding hydrogens is 204 g/mol. The summed E-state index contributed by atoms with van der Waals surface area (Å²) in [7, 11) is 0. The Hall–Kier alpha value is -1.16. The molecule has 4 heteroatoms. The number of aromatic nitrogens is 1. The Morgan fingerprint density at radius 1 is 1.69 bits per heavy atom. The van der Waals surface area contributed by atoms with Crippen molar-refractivity contribution in [2.75, 3.05) is 13.1 Å². The van der Waals surface area contributed by atoms with Crippen LogP contribution >= 0.6 is 0 Å². The van der Waals surface area contributed by atoms with Crippen molar-refractivity contribution in [3.63, 3.8) is 0 Å². The van der Waals surface area contributed by atoms with Gasteiger partial charge in [-0.2, -0.15) is 0 Å². The van der Waals surface area contributed by atoms with E-state index in [0.29, 0.717) is 12.5 Å². The molecule has 0 bridgehead atoms. The topological polar surface area (TPSA) is 46.3 Å². The molecule has 1 aliphatic rings. The first-order valence-electron chi connectivity index (χ1n) is 5.94. The molecule has 4 nitrogen and oxygen atoms in total. The maximum atomic E-state index is 10.3. The normalized spacial score (nSPS) is 21.4. The molecule has 88 valence electrons. The highest BCUT2D eigenvalue weighted by Crippen LogP contribution is 2.20. The van der Waals surface area contributed by atoms with Gasteiger partial charge in [-0.05, 0) is 25.9 Å². The monoisotopic (exact) mass is 222 g/mol. The van der Waals surface area contributed by atoms with Gasteiger partial charge in [-0.1, -0.05) is 6.92 Å². The fourth-order valence-electron chi connectivity index (χ4n) is 2.37. The molecule has 1 saturated heterocycles. The van der Waals surface area contributed by atoms with Crippen LogP contribution in [-0.4, -0.2) is 35.3 Å². The number of nitrogens with zero attached hydrogens (tertiary/aromatic N) is 2. The second-order valence-electron chi connectivity index (χ2n) is 4.23. The third-order valence-corrected chi connectivity index (χ3v) is 3.21. The van der Waals surface area contributed by atoms with Gasteiger partial charge >= 0.3 is 0 Å². The number of hydrogen-bond acceptors (Lipinski definition) is 4. The van der Waals surface area contributed by atoms with E-state index in [-0.39, 0.29) is 0 Å². The van der Waals surface area contributed by atoms with Crippen molar-refractivity contribution in [1.82, 2.24) is 9.88 Å². The van der Waals surface area contributed by atoms with Crippen LogP contribution in [0, 0.1) is 0 Å². The number of carbonyl (C=O) groups excluding carboxylic acids is 1. The minimum absolute atomic E-state index is 0.353. The zero-order valence-corrected chi connectivity index (χ0v) is 9.69. The Morgan fingerprint density at radius 2 is 2.56 bits per heavy atom. The first-order chi connectivity index (χ1) is 7.83. The smallest absolute Gasteiger partial charge is 0.195 e. The van der Waals surface area contributed by atoms with Gasteiger partial charge in [-0.15, -0.1) is 0 Å². The molecule has 0 saturated carbocycles. The second kappa shape index (κ2) is 5.25. The van der Waals surface area contributed by atoms with E-state index in [1.54, 1.807) is 6.26 Å². The van der Waals surface area contributed by atoms with Crippen molar-refractivity contribution in [2.24, 2.45) is 0 Å². The van der Waals surface area contributed by atoms with E-state index >= 15 is 0 Å². The number of rotatable bonds is 5. The van der Waals surface area contributed by atoms with Crippen molar-refractivity contribution in [2.45, 2.75) is 38.6 Å². The minimum atomic E-state index is 0.353. The summed E-state index contributed by atoms with van der Waals surface area (Å²) in [5.74, 6) is 0.766. The Kier molecular flexibility index (Phi) is 3.72. The molecule has 0 aliphatic carbocycles. The van der Waals surface area contributed by atoms with Gasteiger partial charge in [0.25, 0.3) is 0 Å². The second-order valence-corrected chi connectivity index (χ2v) is 4.23. The first kappa shape index (κ1) is 11.3. The fourth-order valence-corrected chi connectivity index (χ4v) is 2.37. The Balaban J connectivity index is 1.94. The lowest BCUT2D eigenvalue weighted by atomic mass is 10.1. The molecule has 0 radical (unpaired) electrons. The van der Waals surface area contributed by atoms with Crippen molar-refractivity contribution < 1.29 is 9.21 Å². The summed E-state index contributed by atoms with van der Waals surface area (Å²) in [6.45, 7) is 4.46. The summed E-state index contributed by atoms with van der Waals surface area (Å²) in [6.07, 6.45) is 6.16. The van der Waals surface area contributed by atoms with E-state index in [1.807, 2.05) is 0 Å². The lowest BCUT2D eigenvalue weighted by Crippen LogP contribution is -2.30. The van der Waals surface area contributed by atoms with Crippen molar-refractivity contribution >= 4 is 6.29 Å². The summed E-state index contributed by atoms with van der Waals surface area (Å²) in [4.78, 5) is 17.1. The van der Waals surface area contributed by atoms with Crippen LogP contribution in [0.4, 0.5) is 0 Å². The van der Waals surface area contributed by atoms with Crippen LogP contribution < -0.4 is 0 Å². The lowest BCUT2D eigenvalue weighted by molar-refractivity contribution is -0.107. The maximum absolute atomic E-state index is 10.3. The standard InChI is InChI=1S/C12H18N2O2/c1-2-14-6-3-4-11(14)8-12-13-10(5-7-15)9-16-12/h7,9,11H,2-6,8H2,1H3. The molecule has 0 N–H and O–H groups in total. The molecule has 0 amide bonds. The zero-order valence-electron chi connectivity index (χ0n) is 9.69. The van der Waals surface area contributed by atoms with Crippen molar-refractivity contribution in [1.29, 1.82) is 0 Å². The van der Waals surface area contributed by atoms with Gasteiger partial charge in [0.05, 0.1) is 5.69 Å². The number of carbonyl (C=O) groups is 1. The SMILES string of the molecule is CCN1CCCC1Cc1nc(CC=O)co1. The molecule has 2 heterocycles. The van der Waals surface area contributed by atoms with Crippen LogP contribution in [0.3, 0.4) is 0 Å². The van der Waals surface area contributed by atoms with Gasteiger partial charge in [0.15, 0.2) is 5.89 Å². The van der Waals surface area contributed by atoms with E-state index in [0.717, 1.165) is 30.8 Å². The third-order valence-electron chi connectivity index (χ3n) is 3.21. The highest BCUT2D eigenvalue weighted by atomic mass is 16.3. The molecule has 1 fully saturated rings. The summed E-state index contributed by atoms with van der Waals surface area (Å²) in [5, 5.41) is 0. The van der Waals surface area contributed by atoms with E-state index in [4.69, 9.17) is 4.42 Å². The third kappa shape index (κ3) is 2.50. The number of oxazole rings is 1. The Morgan fingerprint density at radius 3 is 3.31 bits per heavy atom. The van der Waals surface area contributed by atoms with E-state index in [1.165, 1.54) is 19.4 Å². The Labute approximate surface area is 95.6 Å². The summed E-state index contributed by atoms with van der Waals surface area (Å²) in [6, 6.07) is 0.563. The van der Waals surface area contributed by atoms with Crippen LogP contribution in [0.1, 0.15) is 31.4 Å². The summed E-state index contributed by atoms with van der Waals surface area (Å²) >= 11 is 0. The largest absolute Gasteiger partial charge is 0.449 e. The molecule has 1 aromatic heterocycles. The quantitative estimate of drug-likeness (QED) is 0.707. The van der Waals surface area contributed by atoms with E-state index in [2.05, 4.69) is 16.8 Å². The van der Waals surface area contributed by atoms with Gasteiger partial charge in [0, 0.05) is 18.9 Å². The van der Waals surface area contributed by atoms with Gasteiger partial charge in [0.1, 0.15) is 12.5 Å². The molecule has 0 aromatic carbocycles. The van der Waals surface area contributed by atoms with Gasteiger partial charge < -0.3 is 14.1 Å². The predicted octanol–water partition coefficient (Wildman–Crippen LogP) is 1.44. The van der Waals surface area contributed by atoms with Gasteiger partial charge in [-0.3, -0.25) is 0 Å². The average molecular weight is 222 g/mol. The summed E-state index contributed by atoms with van der Waals surface area (Å²) < 4.78 is 5.38. The number of aldehydes is 1. The number of likely N-dealkylation sites (N-methyl/N-ethyl adjacent to an activating group) is 1. The average Bonchev–Trinajstić information content (AvgIpc) is 2.89. The lowest BCUT2D eigenvalue weighted by Gasteiger charge is -2.20. The highest BCUT2D eigenvalue weighted by Gasteiger charge is 2.24. The molecule has 1 aliphatic heterocycles. The maximum Gasteiger partial charge on any atom is 0.195 e. The van der Waals surface area contributed by atoms with Crippen LogP contribution in [0.15, 0.2) is 10.7 Å². The first-order valence-corrected chi connectivity index (χ1v) is 5.94. The van der Waals surface area contributed by atoms with Crippen LogP contribution in [0.5, 0.6) is 0 Å². The fraction of sp³-hybridized carbons (Fsp3) is 0.667. The molecule has 16 heavy (non-hydrogen) atoms. The predicted molar refractivity (Wildman–Crippen MR) is 60.2 cm³/mol. The highest BCUT2D eigenvalue weighted by molar-refractivity contribution is 5.53. The molecule has 1 unspecified atom stereocenters.